The number of hydrogen-bond donors (Lipinski definition) is 3. The Hall–Kier alpha value is -0.260. The van der Waals surface area contributed by atoms with Crippen LogP contribution >= 0.6 is 11.8 Å². The molecule has 0 aromatic carbocycles. The van der Waals surface area contributed by atoms with E-state index in [1.54, 1.807) is 11.8 Å². The first kappa shape index (κ1) is 12.2. The van der Waals surface area contributed by atoms with Gasteiger partial charge in [-0.3, -0.25) is 4.79 Å². The molecule has 0 aromatic rings. The van der Waals surface area contributed by atoms with Gasteiger partial charge >= 0.3 is 5.97 Å². The van der Waals surface area contributed by atoms with Crippen LogP contribution in [0.2, 0.25) is 0 Å². The molecular weight excluding hydrogens is 226 g/mol. The molecule has 0 radical (unpaired) electrons. The quantitative estimate of drug-likeness (QED) is 0.668. The number of aliphatic hydroxyl groups is 1. The fraction of sp³-hybridized carbons (Fsp3) is 0.909. The first-order valence-corrected chi connectivity index (χ1v) is 7.00. The van der Waals surface area contributed by atoms with E-state index < -0.39 is 17.0 Å². The number of aliphatic carboxylic acids is 1. The van der Waals surface area contributed by atoms with E-state index in [1.807, 2.05) is 0 Å². The second-order valence-electron chi connectivity index (χ2n) is 4.78. The third-order valence-electron chi connectivity index (χ3n) is 4.08. The summed E-state index contributed by atoms with van der Waals surface area (Å²) in [6.45, 7) is 1.39. The normalized spacial score (nSPS) is 28.6. The van der Waals surface area contributed by atoms with Crippen molar-refractivity contribution in [3.8, 4) is 0 Å². The van der Waals surface area contributed by atoms with Crippen LogP contribution in [-0.2, 0) is 4.79 Å². The van der Waals surface area contributed by atoms with Crippen LogP contribution in [0.5, 0.6) is 0 Å². The molecule has 2 rings (SSSR count). The Kier molecular flexibility index (Phi) is 3.47. The van der Waals surface area contributed by atoms with Crippen molar-refractivity contribution >= 4 is 17.7 Å². The average molecular weight is 245 g/mol. The molecule has 0 bridgehead atoms. The Morgan fingerprint density at radius 2 is 1.69 bits per heavy atom. The van der Waals surface area contributed by atoms with E-state index in [0.717, 1.165) is 11.5 Å². The summed E-state index contributed by atoms with van der Waals surface area (Å²) in [6, 6.07) is 0. The van der Waals surface area contributed by atoms with Gasteiger partial charge in [0.2, 0.25) is 0 Å². The molecule has 0 amide bonds. The van der Waals surface area contributed by atoms with Crippen molar-refractivity contribution in [2.75, 3.05) is 24.6 Å². The molecule has 3 N–H and O–H groups in total. The first-order chi connectivity index (χ1) is 7.61. The SMILES string of the molecule is O=C(O)C1(C2(O)CCSCC2)CCNCC1. The second-order valence-corrected chi connectivity index (χ2v) is 6.01. The number of rotatable bonds is 2. The molecule has 2 saturated heterocycles. The molecule has 0 saturated carbocycles. The molecule has 0 aliphatic carbocycles. The molecule has 2 fully saturated rings. The lowest BCUT2D eigenvalue weighted by Gasteiger charge is -2.48. The number of carboxylic acids is 1. The van der Waals surface area contributed by atoms with Gasteiger partial charge in [0.15, 0.2) is 0 Å². The summed E-state index contributed by atoms with van der Waals surface area (Å²) in [5, 5.41) is 23.4. The molecule has 2 heterocycles. The molecule has 16 heavy (non-hydrogen) atoms. The molecule has 2 aliphatic rings. The van der Waals surface area contributed by atoms with Crippen molar-refractivity contribution < 1.29 is 15.0 Å². The van der Waals surface area contributed by atoms with Gasteiger partial charge in [-0.1, -0.05) is 0 Å². The highest BCUT2D eigenvalue weighted by Crippen LogP contribution is 2.47. The van der Waals surface area contributed by atoms with Crippen LogP contribution in [0.15, 0.2) is 0 Å². The van der Waals surface area contributed by atoms with Gasteiger partial charge < -0.3 is 15.5 Å². The van der Waals surface area contributed by atoms with Gasteiger partial charge in [0.1, 0.15) is 0 Å². The van der Waals surface area contributed by atoms with Crippen molar-refractivity contribution in [2.45, 2.75) is 31.3 Å². The van der Waals surface area contributed by atoms with Gasteiger partial charge in [-0.25, -0.2) is 0 Å². The number of thioether (sulfide) groups is 1. The molecule has 5 heteroatoms. The van der Waals surface area contributed by atoms with Crippen molar-refractivity contribution in [1.29, 1.82) is 0 Å². The summed E-state index contributed by atoms with van der Waals surface area (Å²) in [5.41, 5.74) is -1.91. The van der Waals surface area contributed by atoms with Gasteiger partial charge in [0, 0.05) is 0 Å². The van der Waals surface area contributed by atoms with Crippen LogP contribution in [0.3, 0.4) is 0 Å². The third kappa shape index (κ3) is 1.85. The minimum atomic E-state index is -0.994. The molecule has 2 aliphatic heterocycles. The summed E-state index contributed by atoms with van der Waals surface area (Å²) < 4.78 is 0. The summed E-state index contributed by atoms with van der Waals surface area (Å²) in [5.74, 6) is 0.932. The Labute approximate surface area is 99.8 Å². The first-order valence-electron chi connectivity index (χ1n) is 5.85. The summed E-state index contributed by atoms with van der Waals surface area (Å²) in [4.78, 5) is 11.6. The maximum Gasteiger partial charge on any atom is 0.312 e. The predicted molar refractivity (Wildman–Crippen MR) is 63.7 cm³/mol. The van der Waals surface area contributed by atoms with Crippen LogP contribution in [0, 0.1) is 5.41 Å². The van der Waals surface area contributed by atoms with Crippen molar-refractivity contribution in [1.82, 2.24) is 5.32 Å². The zero-order chi connectivity index (χ0) is 11.6. The summed E-state index contributed by atoms with van der Waals surface area (Å²) in [7, 11) is 0. The number of nitrogens with one attached hydrogen (secondary N) is 1. The van der Waals surface area contributed by atoms with Crippen LogP contribution in [0.4, 0.5) is 0 Å². The zero-order valence-corrected chi connectivity index (χ0v) is 10.2. The maximum atomic E-state index is 11.6. The second kappa shape index (κ2) is 4.55. The van der Waals surface area contributed by atoms with E-state index >= 15 is 0 Å². The van der Waals surface area contributed by atoms with Crippen molar-refractivity contribution in [3.63, 3.8) is 0 Å². The zero-order valence-electron chi connectivity index (χ0n) is 9.37. The maximum absolute atomic E-state index is 11.6. The smallest absolute Gasteiger partial charge is 0.312 e. The molecular formula is C11H19NO3S. The minimum Gasteiger partial charge on any atom is -0.481 e. The van der Waals surface area contributed by atoms with Gasteiger partial charge in [-0.15, -0.1) is 0 Å². The number of carboxylic acid groups (broad SMARTS) is 1. The fourth-order valence-electron chi connectivity index (χ4n) is 2.92. The predicted octanol–water partition coefficient (Wildman–Crippen LogP) is 0.699. The standard InChI is InChI=1S/C11H19NO3S/c13-9(14)10(1-5-12-6-2-10)11(15)3-7-16-8-4-11/h12,15H,1-8H2,(H,13,14). The Balaban J connectivity index is 2.26. The molecule has 92 valence electrons. The van der Waals surface area contributed by atoms with Gasteiger partial charge in [0.05, 0.1) is 11.0 Å². The molecule has 0 spiro atoms. The number of carbonyl (C=O) groups is 1. The van der Waals surface area contributed by atoms with E-state index in [1.165, 1.54) is 0 Å². The third-order valence-corrected chi connectivity index (χ3v) is 5.06. The van der Waals surface area contributed by atoms with Gasteiger partial charge in [-0.2, -0.15) is 11.8 Å². The Bertz CT molecular complexity index is 270. The van der Waals surface area contributed by atoms with Crippen molar-refractivity contribution in [3.05, 3.63) is 0 Å². The highest BCUT2D eigenvalue weighted by atomic mass is 32.2. The molecule has 0 atom stereocenters. The Morgan fingerprint density at radius 3 is 2.19 bits per heavy atom. The Morgan fingerprint density at radius 1 is 1.12 bits per heavy atom. The molecule has 0 unspecified atom stereocenters. The summed E-state index contributed by atoms with van der Waals surface area (Å²) in [6.07, 6.45) is 2.32. The van der Waals surface area contributed by atoms with Crippen LogP contribution in [0.1, 0.15) is 25.7 Å². The molecule has 0 aromatic heterocycles. The topological polar surface area (TPSA) is 69.6 Å². The van der Waals surface area contributed by atoms with E-state index in [-0.39, 0.29) is 0 Å². The molecule has 4 nitrogen and oxygen atoms in total. The lowest BCUT2D eigenvalue weighted by molar-refractivity contribution is -0.175. The average Bonchev–Trinajstić information content (AvgIpc) is 2.30. The van der Waals surface area contributed by atoms with E-state index in [2.05, 4.69) is 5.32 Å². The largest absolute Gasteiger partial charge is 0.481 e. The number of hydrogen-bond acceptors (Lipinski definition) is 4. The fourth-order valence-corrected chi connectivity index (χ4v) is 4.09. The van der Waals surface area contributed by atoms with E-state index in [9.17, 15) is 15.0 Å². The number of piperidine rings is 1. The van der Waals surface area contributed by atoms with Gasteiger partial charge in [-0.05, 0) is 50.3 Å². The summed E-state index contributed by atoms with van der Waals surface area (Å²) >= 11 is 1.80. The monoisotopic (exact) mass is 245 g/mol. The van der Waals surface area contributed by atoms with Crippen LogP contribution in [0.25, 0.3) is 0 Å². The van der Waals surface area contributed by atoms with E-state index in [0.29, 0.717) is 38.8 Å². The van der Waals surface area contributed by atoms with Crippen LogP contribution in [-0.4, -0.2) is 46.4 Å². The van der Waals surface area contributed by atoms with E-state index in [4.69, 9.17) is 0 Å². The lowest BCUT2D eigenvalue weighted by atomic mass is 9.63. The van der Waals surface area contributed by atoms with Crippen LogP contribution < -0.4 is 5.32 Å². The highest BCUT2D eigenvalue weighted by molar-refractivity contribution is 7.99. The van der Waals surface area contributed by atoms with Crippen molar-refractivity contribution in [2.24, 2.45) is 5.41 Å². The minimum absolute atomic E-state index is 0.545. The van der Waals surface area contributed by atoms with Gasteiger partial charge in [0.25, 0.3) is 0 Å². The highest BCUT2D eigenvalue weighted by Gasteiger charge is 2.56. The lowest BCUT2D eigenvalue weighted by Crippen LogP contribution is -2.59.